The number of Topliss-reactive ketones (excluding diaryl/α,β-unsaturated/α-hetero) is 1. The van der Waals surface area contributed by atoms with Crippen molar-refractivity contribution in [1.29, 1.82) is 0 Å². The zero-order chi connectivity index (χ0) is 12.1. The molecule has 0 aliphatic heterocycles. The van der Waals surface area contributed by atoms with Gasteiger partial charge in [0.05, 0.1) is 14.2 Å². The molecule has 0 saturated heterocycles. The van der Waals surface area contributed by atoms with Gasteiger partial charge in [-0.15, -0.1) is 0 Å². The largest absolute Gasteiger partial charge is 0.497 e. The average Bonchev–Trinajstić information content (AvgIpc) is 2.29. The summed E-state index contributed by atoms with van der Waals surface area (Å²) in [6, 6.07) is 5.27. The Morgan fingerprint density at radius 2 is 1.88 bits per heavy atom. The number of rotatable bonds is 5. The normalized spacial score (nSPS) is 12.0. The highest BCUT2D eigenvalue weighted by molar-refractivity contribution is 5.82. The fourth-order valence-electron chi connectivity index (χ4n) is 1.55. The quantitative estimate of drug-likeness (QED) is 0.767. The molecule has 0 aromatic heterocycles. The van der Waals surface area contributed by atoms with Crippen LogP contribution in [0.25, 0.3) is 0 Å². The maximum Gasteiger partial charge on any atom is 0.163 e. The Labute approximate surface area is 95.1 Å². The number of methoxy groups -OCH3 is 3. The maximum atomic E-state index is 11.4. The summed E-state index contributed by atoms with van der Waals surface area (Å²) in [5.41, 5.74) is 0.707. The van der Waals surface area contributed by atoms with E-state index >= 15 is 0 Å². The molecule has 0 bridgehead atoms. The van der Waals surface area contributed by atoms with Gasteiger partial charge in [0, 0.05) is 18.7 Å². The molecule has 4 heteroatoms. The van der Waals surface area contributed by atoms with Crippen molar-refractivity contribution in [3.05, 3.63) is 23.8 Å². The highest BCUT2D eigenvalue weighted by Crippen LogP contribution is 2.31. The van der Waals surface area contributed by atoms with E-state index in [-0.39, 0.29) is 5.78 Å². The highest BCUT2D eigenvalue weighted by Gasteiger charge is 2.20. The first-order valence-corrected chi connectivity index (χ1v) is 4.89. The van der Waals surface area contributed by atoms with Crippen LogP contribution < -0.4 is 9.47 Å². The minimum absolute atomic E-state index is 0.0639. The van der Waals surface area contributed by atoms with Crippen molar-refractivity contribution in [1.82, 2.24) is 0 Å². The first-order chi connectivity index (χ1) is 7.63. The van der Waals surface area contributed by atoms with E-state index in [2.05, 4.69) is 0 Å². The standard InChI is InChI=1S/C12H16O4/c1-8(13)12(16-4)10-6-5-9(14-2)7-11(10)15-3/h5-7,12H,1-4H3. The minimum atomic E-state index is -0.596. The molecule has 0 heterocycles. The van der Waals surface area contributed by atoms with E-state index in [1.54, 1.807) is 32.4 Å². The van der Waals surface area contributed by atoms with Gasteiger partial charge in [-0.3, -0.25) is 4.79 Å². The molecule has 1 aromatic rings. The van der Waals surface area contributed by atoms with Crippen LogP contribution in [0.5, 0.6) is 11.5 Å². The van der Waals surface area contributed by atoms with Crippen molar-refractivity contribution in [2.75, 3.05) is 21.3 Å². The second-order valence-corrected chi connectivity index (χ2v) is 3.33. The Balaban J connectivity index is 3.16. The molecular weight excluding hydrogens is 208 g/mol. The number of ether oxygens (including phenoxy) is 3. The summed E-state index contributed by atoms with van der Waals surface area (Å²) in [5.74, 6) is 1.20. The molecule has 0 radical (unpaired) electrons. The number of hydrogen-bond donors (Lipinski definition) is 0. The van der Waals surface area contributed by atoms with E-state index in [1.807, 2.05) is 0 Å². The number of carbonyl (C=O) groups excluding carboxylic acids is 1. The highest BCUT2D eigenvalue weighted by atomic mass is 16.5. The van der Waals surface area contributed by atoms with Crippen LogP contribution in [0.2, 0.25) is 0 Å². The van der Waals surface area contributed by atoms with E-state index in [9.17, 15) is 4.79 Å². The lowest BCUT2D eigenvalue weighted by atomic mass is 10.0. The molecule has 1 atom stereocenters. The van der Waals surface area contributed by atoms with E-state index < -0.39 is 6.10 Å². The van der Waals surface area contributed by atoms with Crippen LogP contribution in [0, 0.1) is 0 Å². The van der Waals surface area contributed by atoms with Gasteiger partial charge in [-0.05, 0) is 19.1 Å². The summed E-state index contributed by atoms with van der Waals surface area (Å²) in [6.07, 6.45) is -0.596. The molecular formula is C12H16O4. The third kappa shape index (κ3) is 2.52. The third-order valence-electron chi connectivity index (χ3n) is 2.33. The van der Waals surface area contributed by atoms with Crippen molar-refractivity contribution < 1.29 is 19.0 Å². The van der Waals surface area contributed by atoms with Gasteiger partial charge in [0.15, 0.2) is 5.78 Å². The van der Waals surface area contributed by atoms with E-state index in [4.69, 9.17) is 14.2 Å². The molecule has 0 fully saturated rings. The van der Waals surface area contributed by atoms with Gasteiger partial charge in [-0.25, -0.2) is 0 Å². The molecule has 0 aliphatic rings. The van der Waals surface area contributed by atoms with Gasteiger partial charge in [0.25, 0.3) is 0 Å². The summed E-state index contributed by atoms with van der Waals surface area (Å²) in [6.45, 7) is 1.48. The molecule has 0 N–H and O–H groups in total. The van der Waals surface area contributed by atoms with E-state index in [0.717, 1.165) is 0 Å². The van der Waals surface area contributed by atoms with Crippen LogP contribution in [0.1, 0.15) is 18.6 Å². The minimum Gasteiger partial charge on any atom is -0.497 e. The van der Waals surface area contributed by atoms with Crippen LogP contribution in [-0.2, 0) is 9.53 Å². The number of benzene rings is 1. The second kappa shape index (κ2) is 5.51. The van der Waals surface area contributed by atoms with Crippen LogP contribution in [0.15, 0.2) is 18.2 Å². The second-order valence-electron chi connectivity index (χ2n) is 3.33. The maximum absolute atomic E-state index is 11.4. The summed E-state index contributed by atoms with van der Waals surface area (Å²) in [5, 5.41) is 0. The summed E-state index contributed by atoms with van der Waals surface area (Å²) >= 11 is 0. The van der Waals surface area contributed by atoms with Crippen molar-refractivity contribution in [2.24, 2.45) is 0 Å². The summed E-state index contributed by atoms with van der Waals surface area (Å²) in [7, 11) is 4.62. The molecule has 1 unspecified atom stereocenters. The fraction of sp³-hybridized carbons (Fsp3) is 0.417. The predicted octanol–water partition coefficient (Wildman–Crippen LogP) is 1.98. The Hall–Kier alpha value is -1.55. The lowest BCUT2D eigenvalue weighted by molar-refractivity contribution is -0.127. The first-order valence-electron chi connectivity index (χ1n) is 4.89. The molecule has 4 nitrogen and oxygen atoms in total. The van der Waals surface area contributed by atoms with Crippen molar-refractivity contribution in [2.45, 2.75) is 13.0 Å². The Kier molecular flexibility index (Phi) is 4.31. The zero-order valence-corrected chi connectivity index (χ0v) is 9.94. The Morgan fingerprint density at radius 3 is 2.31 bits per heavy atom. The molecule has 1 aromatic carbocycles. The van der Waals surface area contributed by atoms with Crippen LogP contribution >= 0.6 is 0 Å². The zero-order valence-electron chi connectivity index (χ0n) is 9.94. The number of ketones is 1. The fourth-order valence-corrected chi connectivity index (χ4v) is 1.55. The topological polar surface area (TPSA) is 44.8 Å². The lowest BCUT2D eigenvalue weighted by Crippen LogP contribution is -2.12. The molecule has 1 rings (SSSR count). The van der Waals surface area contributed by atoms with Gasteiger partial charge in [-0.1, -0.05) is 0 Å². The predicted molar refractivity (Wildman–Crippen MR) is 60.0 cm³/mol. The molecule has 0 amide bonds. The van der Waals surface area contributed by atoms with Crippen molar-refractivity contribution in [3.8, 4) is 11.5 Å². The van der Waals surface area contributed by atoms with Gasteiger partial charge in [-0.2, -0.15) is 0 Å². The van der Waals surface area contributed by atoms with Gasteiger partial charge < -0.3 is 14.2 Å². The van der Waals surface area contributed by atoms with Crippen LogP contribution in [-0.4, -0.2) is 27.1 Å². The molecule has 0 aliphatic carbocycles. The van der Waals surface area contributed by atoms with Gasteiger partial charge >= 0.3 is 0 Å². The average molecular weight is 224 g/mol. The SMILES string of the molecule is COc1ccc(C(OC)C(C)=O)c(OC)c1. The first kappa shape index (κ1) is 12.5. The molecule has 0 spiro atoms. The Bertz CT molecular complexity index is 373. The van der Waals surface area contributed by atoms with Gasteiger partial charge in [0.1, 0.15) is 17.6 Å². The monoisotopic (exact) mass is 224 g/mol. The van der Waals surface area contributed by atoms with Crippen LogP contribution in [0.4, 0.5) is 0 Å². The smallest absolute Gasteiger partial charge is 0.163 e. The summed E-state index contributed by atoms with van der Waals surface area (Å²) in [4.78, 5) is 11.4. The Morgan fingerprint density at radius 1 is 1.19 bits per heavy atom. The van der Waals surface area contributed by atoms with Crippen molar-refractivity contribution >= 4 is 5.78 Å². The molecule has 88 valence electrons. The van der Waals surface area contributed by atoms with E-state index in [1.165, 1.54) is 14.0 Å². The lowest BCUT2D eigenvalue weighted by Gasteiger charge is -2.16. The molecule has 16 heavy (non-hydrogen) atoms. The molecule has 0 saturated carbocycles. The van der Waals surface area contributed by atoms with Crippen LogP contribution in [0.3, 0.4) is 0 Å². The summed E-state index contributed by atoms with van der Waals surface area (Å²) < 4.78 is 15.4. The number of hydrogen-bond acceptors (Lipinski definition) is 4. The van der Waals surface area contributed by atoms with Gasteiger partial charge in [0.2, 0.25) is 0 Å². The van der Waals surface area contributed by atoms with E-state index in [0.29, 0.717) is 17.1 Å². The number of carbonyl (C=O) groups is 1. The van der Waals surface area contributed by atoms with Crippen molar-refractivity contribution in [3.63, 3.8) is 0 Å². The third-order valence-corrected chi connectivity index (χ3v) is 2.33.